The molecule has 0 saturated carbocycles. The number of phenolic OH excluding ortho intramolecular Hbond substituents is 1. The number of benzene rings is 1. The summed E-state index contributed by atoms with van der Waals surface area (Å²) in [6, 6.07) is 3.07. The predicted molar refractivity (Wildman–Crippen MR) is 64.8 cm³/mol. The largest absolute Gasteiger partial charge is 0.506 e. The van der Waals surface area contributed by atoms with Gasteiger partial charge in [0.15, 0.2) is 0 Å². The molecule has 0 spiro atoms. The van der Waals surface area contributed by atoms with E-state index in [4.69, 9.17) is 21.4 Å². The maximum Gasteiger partial charge on any atom is 0.309 e. The van der Waals surface area contributed by atoms with Gasteiger partial charge < -0.3 is 14.9 Å². The lowest BCUT2D eigenvalue weighted by molar-refractivity contribution is -0.146. The molecule has 0 aromatic heterocycles. The fourth-order valence-electron chi connectivity index (χ4n) is 1.43. The van der Waals surface area contributed by atoms with Crippen LogP contribution in [0.4, 0.5) is 0 Å². The Balaban J connectivity index is 3.14. The number of ether oxygens (including phenoxy) is 1. The lowest BCUT2D eigenvalue weighted by Crippen LogP contribution is -2.26. The van der Waals surface area contributed by atoms with E-state index < -0.39 is 11.4 Å². The number of hydrogen-bond donors (Lipinski definition) is 2. The van der Waals surface area contributed by atoms with Gasteiger partial charge in [-0.05, 0) is 26.3 Å². The van der Waals surface area contributed by atoms with E-state index in [9.17, 15) is 9.90 Å². The van der Waals surface area contributed by atoms with E-state index in [2.05, 4.69) is 0 Å². The molecular weight excluding hydrogens is 244 g/mol. The van der Waals surface area contributed by atoms with Crippen molar-refractivity contribution in [1.29, 1.82) is 0 Å². The van der Waals surface area contributed by atoms with Crippen LogP contribution in [0.3, 0.4) is 0 Å². The Kier molecular flexibility index (Phi) is 3.88. The van der Waals surface area contributed by atoms with Gasteiger partial charge in [-0.1, -0.05) is 11.6 Å². The second-order valence-electron chi connectivity index (χ2n) is 4.48. The summed E-state index contributed by atoms with van der Waals surface area (Å²) >= 11 is 5.83. The van der Waals surface area contributed by atoms with E-state index in [1.165, 1.54) is 13.2 Å². The first kappa shape index (κ1) is 13.6. The number of hydrogen-bond acceptors (Lipinski definition) is 3. The van der Waals surface area contributed by atoms with Gasteiger partial charge in [-0.15, -0.1) is 0 Å². The van der Waals surface area contributed by atoms with Crippen molar-refractivity contribution in [3.63, 3.8) is 0 Å². The van der Waals surface area contributed by atoms with Gasteiger partial charge in [-0.3, -0.25) is 4.79 Å². The minimum atomic E-state index is -0.979. The minimum absolute atomic E-state index is 0.0956. The fraction of sp³-hybridized carbons (Fsp3) is 0.417. The number of carboxylic acids is 1. The van der Waals surface area contributed by atoms with E-state index in [1.54, 1.807) is 19.9 Å². The smallest absolute Gasteiger partial charge is 0.309 e. The number of carbonyl (C=O) groups is 1. The van der Waals surface area contributed by atoms with Crippen molar-refractivity contribution >= 4 is 17.6 Å². The standard InChI is InChI=1S/C12H15ClO4/c1-12(2,11(15)16)6-7-4-8(17-3)5-9(13)10(7)14/h4-5,14H,6H2,1-3H3,(H,15,16). The molecular formula is C12H15ClO4. The van der Waals surface area contributed by atoms with Crippen molar-refractivity contribution in [1.82, 2.24) is 0 Å². The summed E-state index contributed by atoms with van der Waals surface area (Å²) in [6.07, 6.45) is 0.172. The zero-order valence-corrected chi connectivity index (χ0v) is 10.7. The third kappa shape index (κ3) is 3.03. The first-order valence-electron chi connectivity index (χ1n) is 5.06. The van der Waals surface area contributed by atoms with Crippen molar-refractivity contribution in [2.45, 2.75) is 20.3 Å². The molecule has 94 valence electrons. The topological polar surface area (TPSA) is 66.8 Å². The molecule has 0 bridgehead atoms. The molecule has 0 amide bonds. The molecule has 0 saturated heterocycles. The molecule has 17 heavy (non-hydrogen) atoms. The zero-order valence-electron chi connectivity index (χ0n) is 9.95. The Morgan fingerprint density at radius 2 is 2.06 bits per heavy atom. The van der Waals surface area contributed by atoms with Crippen LogP contribution in [0.15, 0.2) is 12.1 Å². The molecule has 4 nitrogen and oxygen atoms in total. The molecule has 0 radical (unpaired) electrons. The fourth-order valence-corrected chi connectivity index (χ4v) is 1.66. The number of carboxylic acid groups (broad SMARTS) is 1. The monoisotopic (exact) mass is 258 g/mol. The molecule has 0 fully saturated rings. The molecule has 2 N–H and O–H groups in total. The lowest BCUT2D eigenvalue weighted by Gasteiger charge is -2.20. The van der Waals surface area contributed by atoms with Crippen molar-refractivity contribution in [2.24, 2.45) is 5.41 Å². The van der Waals surface area contributed by atoms with E-state index in [0.717, 1.165) is 0 Å². The molecule has 0 unspecified atom stereocenters. The Morgan fingerprint density at radius 3 is 2.53 bits per heavy atom. The molecule has 1 aromatic carbocycles. The van der Waals surface area contributed by atoms with Gasteiger partial charge in [-0.2, -0.15) is 0 Å². The van der Waals surface area contributed by atoms with E-state index in [-0.39, 0.29) is 17.2 Å². The summed E-state index contributed by atoms with van der Waals surface area (Å²) in [5.41, 5.74) is -0.519. The summed E-state index contributed by atoms with van der Waals surface area (Å²) in [5, 5.41) is 19.0. The van der Waals surface area contributed by atoms with E-state index in [0.29, 0.717) is 11.3 Å². The van der Waals surface area contributed by atoms with Crippen LogP contribution in [0.5, 0.6) is 11.5 Å². The van der Waals surface area contributed by atoms with Gasteiger partial charge >= 0.3 is 5.97 Å². The summed E-state index contributed by atoms with van der Waals surface area (Å²) in [6.45, 7) is 3.17. The first-order chi connectivity index (χ1) is 7.77. The third-order valence-electron chi connectivity index (χ3n) is 2.56. The molecule has 0 atom stereocenters. The predicted octanol–water partition coefficient (Wildman–Crippen LogP) is 2.71. The van der Waals surface area contributed by atoms with Crippen LogP contribution in [0.2, 0.25) is 5.02 Å². The van der Waals surface area contributed by atoms with Gasteiger partial charge in [0.2, 0.25) is 0 Å². The number of aliphatic carboxylic acids is 1. The van der Waals surface area contributed by atoms with Crippen molar-refractivity contribution in [3.8, 4) is 11.5 Å². The van der Waals surface area contributed by atoms with Crippen molar-refractivity contribution < 1.29 is 19.7 Å². The second-order valence-corrected chi connectivity index (χ2v) is 4.89. The Labute approximate surface area is 105 Å². The average Bonchev–Trinajstić information content (AvgIpc) is 2.23. The number of halogens is 1. The molecule has 0 aliphatic carbocycles. The Hall–Kier alpha value is -1.42. The van der Waals surface area contributed by atoms with Crippen LogP contribution in [0.1, 0.15) is 19.4 Å². The number of phenols is 1. The molecule has 5 heteroatoms. The zero-order chi connectivity index (χ0) is 13.2. The van der Waals surface area contributed by atoms with E-state index >= 15 is 0 Å². The molecule has 0 aliphatic rings. The summed E-state index contributed by atoms with van der Waals surface area (Å²) in [4.78, 5) is 11.0. The highest BCUT2D eigenvalue weighted by atomic mass is 35.5. The van der Waals surface area contributed by atoms with Crippen LogP contribution in [0, 0.1) is 5.41 Å². The van der Waals surface area contributed by atoms with Crippen molar-refractivity contribution in [2.75, 3.05) is 7.11 Å². The maximum absolute atomic E-state index is 11.0. The van der Waals surface area contributed by atoms with Gasteiger partial charge in [-0.25, -0.2) is 0 Å². The first-order valence-corrected chi connectivity index (χ1v) is 5.44. The van der Waals surface area contributed by atoms with Gasteiger partial charge in [0.25, 0.3) is 0 Å². The molecule has 0 aliphatic heterocycles. The SMILES string of the molecule is COc1cc(Cl)c(O)c(CC(C)(C)C(=O)O)c1. The highest BCUT2D eigenvalue weighted by Gasteiger charge is 2.29. The van der Waals surface area contributed by atoms with Crippen LogP contribution in [-0.4, -0.2) is 23.3 Å². The number of methoxy groups -OCH3 is 1. The maximum atomic E-state index is 11.0. The minimum Gasteiger partial charge on any atom is -0.506 e. The van der Waals surface area contributed by atoms with E-state index in [1.807, 2.05) is 0 Å². The Morgan fingerprint density at radius 1 is 1.47 bits per heavy atom. The van der Waals surface area contributed by atoms with Crippen molar-refractivity contribution in [3.05, 3.63) is 22.7 Å². The number of rotatable bonds is 4. The quantitative estimate of drug-likeness (QED) is 0.871. The summed E-state index contributed by atoms with van der Waals surface area (Å²) in [5.74, 6) is -0.540. The second kappa shape index (κ2) is 4.84. The number of aromatic hydroxyl groups is 1. The molecule has 0 heterocycles. The normalized spacial score (nSPS) is 11.3. The summed E-state index contributed by atoms with van der Waals surface area (Å²) in [7, 11) is 1.48. The Bertz CT molecular complexity index is 440. The van der Waals surface area contributed by atoms with Gasteiger partial charge in [0.1, 0.15) is 11.5 Å². The highest BCUT2D eigenvalue weighted by molar-refractivity contribution is 6.32. The highest BCUT2D eigenvalue weighted by Crippen LogP contribution is 2.36. The van der Waals surface area contributed by atoms with Gasteiger partial charge in [0.05, 0.1) is 17.5 Å². The van der Waals surface area contributed by atoms with Crippen LogP contribution < -0.4 is 4.74 Å². The van der Waals surface area contributed by atoms with Crippen LogP contribution >= 0.6 is 11.6 Å². The van der Waals surface area contributed by atoms with Gasteiger partial charge in [0, 0.05) is 11.6 Å². The van der Waals surface area contributed by atoms with Crippen LogP contribution in [0.25, 0.3) is 0 Å². The van der Waals surface area contributed by atoms with Crippen LogP contribution in [-0.2, 0) is 11.2 Å². The average molecular weight is 259 g/mol. The summed E-state index contributed by atoms with van der Waals surface area (Å²) < 4.78 is 5.02. The third-order valence-corrected chi connectivity index (χ3v) is 2.85. The lowest BCUT2D eigenvalue weighted by atomic mass is 9.85. The molecule has 1 rings (SSSR count). The molecule has 1 aromatic rings.